The SMILES string of the molecule is CCCN(c1ccc(N)c(C)n1)C1CC1. The van der Waals surface area contributed by atoms with Crippen molar-refractivity contribution in [1.29, 1.82) is 0 Å². The zero-order chi connectivity index (χ0) is 10.8. The molecule has 1 heterocycles. The number of nitrogen functional groups attached to an aromatic ring is 1. The van der Waals surface area contributed by atoms with E-state index in [2.05, 4.69) is 16.8 Å². The van der Waals surface area contributed by atoms with Crippen LogP contribution in [0.25, 0.3) is 0 Å². The Bertz CT molecular complexity index is 345. The zero-order valence-electron chi connectivity index (χ0n) is 9.53. The Hall–Kier alpha value is -1.25. The molecule has 0 aromatic carbocycles. The van der Waals surface area contributed by atoms with Gasteiger partial charge in [-0.3, -0.25) is 0 Å². The Balaban J connectivity index is 2.21. The second kappa shape index (κ2) is 4.09. The quantitative estimate of drug-likeness (QED) is 0.820. The first-order chi connectivity index (χ1) is 7.22. The first-order valence-corrected chi connectivity index (χ1v) is 5.72. The maximum absolute atomic E-state index is 5.77. The van der Waals surface area contributed by atoms with Crippen LogP contribution in [0.15, 0.2) is 12.1 Å². The maximum atomic E-state index is 5.77. The molecule has 1 aliphatic rings. The predicted octanol–water partition coefficient (Wildman–Crippen LogP) is 2.35. The summed E-state index contributed by atoms with van der Waals surface area (Å²) in [4.78, 5) is 6.96. The van der Waals surface area contributed by atoms with Gasteiger partial charge in [0.05, 0.1) is 11.4 Å². The molecule has 1 saturated carbocycles. The van der Waals surface area contributed by atoms with Crippen molar-refractivity contribution >= 4 is 11.5 Å². The van der Waals surface area contributed by atoms with Gasteiger partial charge in [0.1, 0.15) is 5.82 Å². The molecule has 0 radical (unpaired) electrons. The summed E-state index contributed by atoms with van der Waals surface area (Å²) < 4.78 is 0. The summed E-state index contributed by atoms with van der Waals surface area (Å²) in [5.41, 5.74) is 7.50. The molecule has 0 bridgehead atoms. The van der Waals surface area contributed by atoms with E-state index in [0.717, 1.165) is 29.8 Å². The minimum absolute atomic E-state index is 0.723. The lowest BCUT2D eigenvalue weighted by Crippen LogP contribution is -2.27. The Kier molecular flexibility index (Phi) is 2.80. The molecule has 0 atom stereocenters. The summed E-state index contributed by atoms with van der Waals surface area (Å²) in [6.07, 6.45) is 3.79. The normalized spacial score (nSPS) is 15.3. The van der Waals surface area contributed by atoms with Crippen LogP contribution in [-0.2, 0) is 0 Å². The lowest BCUT2D eigenvalue weighted by molar-refractivity contribution is 0.749. The van der Waals surface area contributed by atoms with Gasteiger partial charge in [-0.05, 0) is 38.3 Å². The van der Waals surface area contributed by atoms with E-state index in [1.807, 2.05) is 19.1 Å². The van der Waals surface area contributed by atoms with Gasteiger partial charge in [0.25, 0.3) is 0 Å². The minimum atomic E-state index is 0.723. The first kappa shape index (κ1) is 10.3. The van der Waals surface area contributed by atoms with E-state index in [-0.39, 0.29) is 0 Å². The predicted molar refractivity (Wildman–Crippen MR) is 64.0 cm³/mol. The van der Waals surface area contributed by atoms with E-state index in [4.69, 9.17) is 5.73 Å². The van der Waals surface area contributed by atoms with Crippen LogP contribution in [0.2, 0.25) is 0 Å². The maximum Gasteiger partial charge on any atom is 0.129 e. The van der Waals surface area contributed by atoms with E-state index >= 15 is 0 Å². The van der Waals surface area contributed by atoms with Crippen molar-refractivity contribution in [3.05, 3.63) is 17.8 Å². The molecule has 0 aliphatic heterocycles. The van der Waals surface area contributed by atoms with Gasteiger partial charge < -0.3 is 10.6 Å². The molecule has 1 aromatic rings. The molecule has 1 fully saturated rings. The first-order valence-electron chi connectivity index (χ1n) is 5.72. The molecule has 3 heteroatoms. The molecule has 0 spiro atoms. The highest BCUT2D eigenvalue weighted by Gasteiger charge is 2.29. The highest BCUT2D eigenvalue weighted by Crippen LogP contribution is 2.31. The highest BCUT2D eigenvalue weighted by molar-refractivity contribution is 5.51. The van der Waals surface area contributed by atoms with E-state index in [1.165, 1.54) is 19.3 Å². The van der Waals surface area contributed by atoms with Crippen LogP contribution in [0, 0.1) is 6.92 Å². The van der Waals surface area contributed by atoms with Crippen molar-refractivity contribution in [2.75, 3.05) is 17.2 Å². The van der Waals surface area contributed by atoms with Gasteiger partial charge in [-0.2, -0.15) is 0 Å². The number of pyridine rings is 1. The smallest absolute Gasteiger partial charge is 0.129 e. The molecule has 2 N–H and O–H groups in total. The number of aryl methyl sites for hydroxylation is 1. The average molecular weight is 205 g/mol. The number of hydrogen-bond donors (Lipinski definition) is 1. The third-order valence-corrected chi connectivity index (χ3v) is 2.86. The molecule has 2 rings (SSSR count). The molecule has 0 unspecified atom stereocenters. The fourth-order valence-corrected chi connectivity index (χ4v) is 1.83. The number of anilines is 2. The van der Waals surface area contributed by atoms with E-state index in [1.54, 1.807) is 0 Å². The molecule has 0 amide bonds. The van der Waals surface area contributed by atoms with Crippen molar-refractivity contribution < 1.29 is 0 Å². The van der Waals surface area contributed by atoms with Crippen LogP contribution in [0.3, 0.4) is 0 Å². The zero-order valence-corrected chi connectivity index (χ0v) is 9.53. The fourth-order valence-electron chi connectivity index (χ4n) is 1.83. The summed E-state index contributed by atoms with van der Waals surface area (Å²) in [6.45, 7) is 5.27. The van der Waals surface area contributed by atoms with Crippen LogP contribution < -0.4 is 10.6 Å². The van der Waals surface area contributed by atoms with Gasteiger partial charge in [-0.1, -0.05) is 6.92 Å². The van der Waals surface area contributed by atoms with Gasteiger partial charge in [-0.25, -0.2) is 4.98 Å². The number of rotatable bonds is 4. The van der Waals surface area contributed by atoms with Crippen molar-refractivity contribution in [3.63, 3.8) is 0 Å². The third-order valence-electron chi connectivity index (χ3n) is 2.86. The molecule has 15 heavy (non-hydrogen) atoms. The Morgan fingerprint density at radius 1 is 1.47 bits per heavy atom. The van der Waals surface area contributed by atoms with Gasteiger partial charge in [-0.15, -0.1) is 0 Å². The Labute approximate surface area is 91.3 Å². The van der Waals surface area contributed by atoms with Crippen LogP contribution in [0.5, 0.6) is 0 Å². The topological polar surface area (TPSA) is 42.1 Å². The van der Waals surface area contributed by atoms with Crippen molar-refractivity contribution in [3.8, 4) is 0 Å². The Morgan fingerprint density at radius 2 is 2.20 bits per heavy atom. The van der Waals surface area contributed by atoms with Gasteiger partial charge in [0.2, 0.25) is 0 Å². The number of hydrogen-bond acceptors (Lipinski definition) is 3. The second-order valence-corrected chi connectivity index (χ2v) is 4.27. The van der Waals surface area contributed by atoms with Crippen LogP contribution in [-0.4, -0.2) is 17.6 Å². The largest absolute Gasteiger partial charge is 0.397 e. The molecule has 1 aromatic heterocycles. The summed E-state index contributed by atoms with van der Waals surface area (Å²) >= 11 is 0. The molecule has 3 nitrogen and oxygen atoms in total. The third kappa shape index (κ3) is 2.22. The van der Waals surface area contributed by atoms with Gasteiger partial charge in [0, 0.05) is 12.6 Å². The second-order valence-electron chi connectivity index (χ2n) is 4.27. The summed E-state index contributed by atoms with van der Waals surface area (Å²) in [7, 11) is 0. The summed E-state index contributed by atoms with van der Waals surface area (Å²) in [5, 5.41) is 0. The summed E-state index contributed by atoms with van der Waals surface area (Å²) in [6, 6.07) is 4.72. The van der Waals surface area contributed by atoms with Crippen molar-refractivity contribution in [2.24, 2.45) is 0 Å². The molecule has 0 saturated heterocycles. The molecular formula is C12H19N3. The van der Waals surface area contributed by atoms with Crippen molar-refractivity contribution in [1.82, 2.24) is 4.98 Å². The summed E-state index contributed by atoms with van der Waals surface area (Å²) in [5.74, 6) is 1.09. The minimum Gasteiger partial charge on any atom is -0.397 e. The Morgan fingerprint density at radius 3 is 2.73 bits per heavy atom. The van der Waals surface area contributed by atoms with Gasteiger partial charge >= 0.3 is 0 Å². The molecule has 82 valence electrons. The average Bonchev–Trinajstić information content (AvgIpc) is 3.02. The van der Waals surface area contributed by atoms with Crippen LogP contribution in [0.1, 0.15) is 31.9 Å². The van der Waals surface area contributed by atoms with E-state index in [0.29, 0.717) is 0 Å². The standard InChI is InChI=1S/C12H19N3/c1-3-8-15(10-4-5-10)12-7-6-11(13)9(2)14-12/h6-7,10H,3-5,8,13H2,1-2H3. The lowest BCUT2D eigenvalue weighted by atomic mass is 10.3. The number of nitrogens with zero attached hydrogens (tertiary/aromatic N) is 2. The molecular weight excluding hydrogens is 186 g/mol. The van der Waals surface area contributed by atoms with Crippen molar-refractivity contribution in [2.45, 2.75) is 39.2 Å². The van der Waals surface area contributed by atoms with E-state index < -0.39 is 0 Å². The highest BCUT2D eigenvalue weighted by atomic mass is 15.2. The molecule has 1 aliphatic carbocycles. The monoisotopic (exact) mass is 205 g/mol. The van der Waals surface area contributed by atoms with Gasteiger partial charge in [0.15, 0.2) is 0 Å². The lowest BCUT2D eigenvalue weighted by Gasteiger charge is -2.23. The van der Waals surface area contributed by atoms with E-state index in [9.17, 15) is 0 Å². The van der Waals surface area contributed by atoms with Crippen LogP contribution >= 0.6 is 0 Å². The number of aromatic nitrogens is 1. The fraction of sp³-hybridized carbons (Fsp3) is 0.583. The number of nitrogens with two attached hydrogens (primary N) is 1. The van der Waals surface area contributed by atoms with Crippen LogP contribution in [0.4, 0.5) is 11.5 Å².